The molecular formula is C43H81NO7. The number of nitrogens with zero attached hydrogens (tertiary/aromatic N) is 1. The normalized spacial score (nSPS) is 12.5. The van der Waals surface area contributed by atoms with Crippen LogP contribution in [0.3, 0.4) is 0 Å². The van der Waals surface area contributed by atoms with E-state index in [1.807, 2.05) is 19.0 Å². The van der Waals surface area contributed by atoms with Gasteiger partial charge in [-0.25, -0.2) is 9.59 Å². The minimum absolute atomic E-state index is 0.230. The van der Waals surface area contributed by atoms with Crippen LogP contribution >= 0.6 is 0 Å². The third-order valence-corrected chi connectivity index (χ3v) is 8.89. The van der Waals surface area contributed by atoms with Crippen molar-refractivity contribution in [2.75, 3.05) is 47.1 Å². The third-order valence-electron chi connectivity index (χ3n) is 8.89. The summed E-state index contributed by atoms with van der Waals surface area (Å²) in [6.45, 7) is 8.77. The summed E-state index contributed by atoms with van der Waals surface area (Å²) in [6.07, 6.45) is 34.7. The Morgan fingerprint density at radius 2 is 1.02 bits per heavy atom. The van der Waals surface area contributed by atoms with Gasteiger partial charge in [0, 0.05) is 6.54 Å². The summed E-state index contributed by atoms with van der Waals surface area (Å²) in [5, 5.41) is 0. The van der Waals surface area contributed by atoms with Crippen molar-refractivity contribution in [1.29, 1.82) is 0 Å². The van der Waals surface area contributed by atoms with E-state index in [1.54, 1.807) is 0 Å². The first-order valence-corrected chi connectivity index (χ1v) is 21.1. The predicted molar refractivity (Wildman–Crippen MR) is 212 cm³/mol. The molecular weight excluding hydrogens is 642 g/mol. The molecule has 300 valence electrons. The van der Waals surface area contributed by atoms with Crippen LogP contribution in [0, 0.1) is 0 Å². The Hall–Kier alpha value is -1.90. The first-order chi connectivity index (χ1) is 24.9. The lowest BCUT2D eigenvalue weighted by atomic mass is 10.0. The van der Waals surface area contributed by atoms with Gasteiger partial charge in [0.15, 0.2) is 0 Å². The minimum atomic E-state index is -0.987. The van der Waals surface area contributed by atoms with E-state index >= 15 is 0 Å². The van der Waals surface area contributed by atoms with Gasteiger partial charge < -0.3 is 28.6 Å². The summed E-state index contributed by atoms with van der Waals surface area (Å²) in [5.41, 5.74) is 0. The van der Waals surface area contributed by atoms with Crippen molar-refractivity contribution in [3.05, 3.63) is 24.3 Å². The fraction of sp³-hybridized carbons (Fsp3) is 0.860. The number of likely N-dealkylation sites (N-methyl/N-ethyl adjacent to an activating group) is 1. The molecule has 0 bridgehead atoms. The lowest BCUT2D eigenvalue weighted by Gasteiger charge is -2.19. The number of carbonyl (C=O) groups is 2. The van der Waals surface area contributed by atoms with Crippen molar-refractivity contribution in [3.63, 3.8) is 0 Å². The van der Waals surface area contributed by atoms with E-state index in [2.05, 4.69) is 45.1 Å². The molecule has 0 aromatic carbocycles. The standard InChI is InChI=1S/C43H81NO7/c1-6-9-12-15-16-17-18-19-20-21-22-23-24-25-26-29-33-40(51-43(46)50-39-35-44(4)5)34-32-38-47-41(45)42(48-36-30-27-13-10-7-2)49-37-31-28-14-11-8-3/h16-17,19-20,40,42H,6-15,18,21-39H2,1-5H3. The molecule has 8 heteroatoms. The first kappa shape index (κ1) is 49.1. The average molecular weight is 724 g/mol. The fourth-order valence-corrected chi connectivity index (χ4v) is 5.63. The zero-order chi connectivity index (χ0) is 37.5. The fourth-order valence-electron chi connectivity index (χ4n) is 5.63. The summed E-state index contributed by atoms with van der Waals surface area (Å²) in [6, 6.07) is 0. The van der Waals surface area contributed by atoms with E-state index < -0.39 is 18.4 Å². The number of carbonyl (C=O) groups excluding carboxylic acids is 2. The molecule has 0 aliphatic heterocycles. The molecule has 0 aliphatic carbocycles. The number of hydrogen-bond acceptors (Lipinski definition) is 8. The topological polar surface area (TPSA) is 83.5 Å². The Kier molecular flexibility index (Phi) is 37.8. The second-order valence-corrected chi connectivity index (χ2v) is 14.2. The van der Waals surface area contributed by atoms with Crippen molar-refractivity contribution in [1.82, 2.24) is 4.90 Å². The van der Waals surface area contributed by atoms with E-state index in [4.69, 9.17) is 23.7 Å². The van der Waals surface area contributed by atoms with Crippen LogP contribution in [0.15, 0.2) is 24.3 Å². The second-order valence-electron chi connectivity index (χ2n) is 14.2. The molecule has 0 radical (unpaired) electrons. The Morgan fingerprint density at radius 3 is 1.61 bits per heavy atom. The molecule has 51 heavy (non-hydrogen) atoms. The van der Waals surface area contributed by atoms with Gasteiger partial charge in [-0.2, -0.15) is 0 Å². The van der Waals surface area contributed by atoms with E-state index in [0.29, 0.717) is 39.2 Å². The molecule has 0 amide bonds. The number of unbranched alkanes of at least 4 members (excludes halogenated alkanes) is 17. The maximum Gasteiger partial charge on any atom is 0.508 e. The summed E-state index contributed by atoms with van der Waals surface area (Å²) >= 11 is 0. The van der Waals surface area contributed by atoms with E-state index in [9.17, 15) is 9.59 Å². The van der Waals surface area contributed by atoms with Crippen molar-refractivity contribution in [2.45, 2.75) is 194 Å². The van der Waals surface area contributed by atoms with Crippen LogP contribution in [-0.2, 0) is 28.5 Å². The van der Waals surface area contributed by atoms with Gasteiger partial charge >= 0.3 is 12.1 Å². The van der Waals surface area contributed by atoms with Gasteiger partial charge in [0.1, 0.15) is 12.7 Å². The van der Waals surface area contributed by atoms with Gasteiger partial charge in [-0.05, 0) is 84.7 Å². The predicted octanol–water partition coefficient (Wildman–Crippen LogP) is 11.9. The smallest absolute Gasteiger partial charge is 0.462 e. The van der Waals surface area contributed by atoms with Crippen molar-refractivity contribution in [2.24, 2.45) is 0 Å². The monoisotopic (exact) mass is 724 g/mol. The second kappa shape index (κ2) is 39.3. The number of hydrogen-bond donors (Lipinski definition) is 0. The van der Waals surface area contributed by atoms with Crippen LogP contribution in [0.2, 0.25) is 0 Å². The van der Waals surface area contributed by atoms with E-state index in [0.717, 1.165) is 57.8 Å². The van der Waals surface area contributed by atoms with Crippen molar-refractivity contribution >= 4 is 12.1 Å². The zero-order valence-corrected chi connectivity index (χ0v) is 34.0. The Morgan fingerprint density at radius 1 is 0.529 bits per heavy atom. The lowest BCUT2D eigenvalue weighted by Crippen LogP contribution is -2.31. The van der Waals surface area contributed by atoms with Crippen molar-refractivity contribution < 1.29 is 33.3 Å². The Labute approximate surface area is 314 Å². The molecule has 0 saturated carbocycles. The number of allylic oxidation sites excluding steroid dienone is 4. The van der Waals surface area contributed by atoms with Crippen LogP contribution in [0.25, 0.3) is 0 Å². The lowest BCUT2D eigenvalue weighted by molar-refractivity contribution is -0.196. The van der Waals surface area contributed by atoms with Gasteiger partial charge in [0.25, 0.3) is 6.29 Å². The maximum atomic E-state index is 12.9. The molecule has 0 aromatic rings. The zero-order valence-electron chi connectivity index (χ0n) is 34.0. The molecule has 0 saturated heterocycles. The summed E-state index contributed by atoms with van der Waals surface area (Å²) < 4.78 is 28.3. The van der Waals surface area contributed by atoms with Gasteiger partial charge in [-0.3, -0.25) is 0 Å². The molecule has 0 aliphatic rings. The van der Waals surface area contributed by atoms with Gasteiger partial charge in [-0.1, -0.05) is 135 Å². The van der Waals surface area contributed by atoms with Gasteiger partial charge in [0.05, 0.1) is 19.8 Å². The molecule has 0 fully saturated rings. The van der Waals surface area contributed by atoms with Crippen LogP contribution in [-0.4, -0.2) is 76.5 Å². The van der Waals surface area contributed by atoms with E-state index in [-0.39, 0.29) is 12.7 Å². The maximum absolute atomic E-state index is 12.9. The van der Waals surface area contributed by atoms with Crippen LogP contribution in [0.4, 0.5) is 4.79 Å². The summed E-state index contributed by atoms with van der Waals surface area (Å²) in [4.78, 5) is 27.3. The van der Waals surface area contributed by atoms with E-state index in [1.165, 1.54) is 89.9 Å². The Bertz CT molecular complexity index is 800. The molecule has 8 nitrogen and oxygen atoms in total. The SMILES string of the molecule is CCCCCC=CCC=CCCCCCCCCC(CCCOC(=O)C(OCCCCCCC)OCCCCCCC)OC(=O)OCCN(C)C. The molecule has 1 atom stereocenters. The highest BCUT2D eigenvalue weighted by molar-refractivity contribution is 5.73. The minimum Gasteiger partial charge on any atom is -0.462 e. The largest absolute Gasteiger partial charge is 0.508 e. The average Bonchev–Trinajstić information content (AvgIpc) is 3.11. The van der Waals surface area contributed by atoms with Gasteiger partial charge in [0.2, 0.25) is 0 Å². The highest BCUT2D eigenvalue weighted by Crippen LogP contribution is 2.16. The molecule has 0 heterocycles. The number of ether oxygens (including phenoxy) is 5. The number of rotatable bonds is 38. The molecule has 1 unspecified atom stereocenters. The quantitative estimate of drug-likeness (QED) is 0.0269. The van der Waals surface area contributed by atoms with Crippen LogP contribution in [0.5, 0.6) is 0 Å². The van der Waals surface area contributed by atoms with Gasteiger partial charge in [-0.15, -0.1) is 0 Å². The molecule has 0 spiro atoms. The van der Waals surface area contributed by atoms with Crippen molar-refractivity contribution in [3.8, 4) is 0 Å². The first-order valence-electron chi connectivity index (χ1n) is 21.1. The summed E-state index contributed by atoms with van der Waals surface area (Å²) in [5.74, 6) is -0.470. The highest BCUT2D eigenvalue weighted by Gasteiger charge is 2.22. The molecule has 0 aromatic heterocycles. The molecule has 0 rings (SSSR count). The summed E-state index contributed by atoms with van der Waals surface area (Å²) in [7, 11) is 3.87. The number of esters is 1. The van der Waals surface area contributed by atoms with Crippen LogP contribution < -0.4 is 0 Å². The third kappa shape index (κ3) is 36.3. The molecule has 0 N–H and O–H groups in total. The Balaban J connectivity index is 4.58. The highest BCUT2D eigenvalue weighted by atomic mass is 16.7. The van der Waals surface area contributed by atoms with Crippen LogP contribution in [0.1, 0.15) is 181 Å².